The van der Waals surface area contributed by atoms with Gasteiger partial charge >= 0.3 is 0 Å². The van der Waals surface area contributed by atoms with Gasteiger partial charge < -0.3 is 14.7 Å². The third kappa shape index (κ3) is 3.58. The second-order valence-electron chi connectivity index (χ2n) is 9.15. The third-order valence-corrected chi connectivity index (χ3v) is 7.29. The topological polar surface area (TPSA) is 75.5 Å². The number of likely N-dealkylation sites (tertiary alicyclic amines) is 1. The highest BCUT2D eigenvalue weighted by molar-refractivity contribution is 6.31. The van der Waals surface area contributed by atoms with Crippen molar-refractivity contribution >= 4 is 23.6 Å². The molecule has 1 aliphatic carbocycles. The number of carbonyl (C=O) groups excluding carboxylic acids is 1. The number of fused-ring (bicyclic) bond motifs is 2. The predicted octanol–water partition coefficient (Wildman–Crippen LogP) is 4.18. The number of ether oxygens (including phenoxy) is 1. The molecule has 1 atom stereocenters. The maximum absolute atomic E-state index is 13.4. The minimum Gasteiger partial charge on any atom is -0.479 e. The van der Waals surface area contributed by atoms with Gasteiger partial charge in [0.2, 0.25) is 0 Å². The molecule has 1 saturated heterocycles. The van der Waals surface area contributed by atoms with Crippen LogP contribution in [-0.2, 0) is 23.2 Å². The number of hydrogen-bond acceptors (Lipinski definition) is 5. The quantitative estimate of drug-likeness (QED) is 0.617. The number of rotatable bonds is 3. The standard InChI is InChI=1S/C27H24ClN3O3/c28-18-14-17-15-23(26(32)31-12-8-27(33,9-13-31)24-6-1-2-10-30-24)34-25(17)21(16-18)19-7-11-29-22-5-3-4-20(19)22/h1-4,6-7,10-11,14,16,23,33H,5,8-9,12-13,15H2. The van der Waals surface area contributed by atoms with Crippen LogP contribution >= 0.6 is 11.6 Å². The number of piperidine rings is 1. The molecule has 0 saturated carbocycles. The van der Waals surface area contributed by atoms with Gasteiger partial charge in [-0.15, -0.1) is 0 Å². The van der Waals surface area contributed by atoms with E-state index in [-0.39, 0.29) is 5.91 Å². The molecular weight excluding hydrogens is 450 g/mol. The van der Waals surface area contributed by atoms with Gasteiger partial charge in [-0.1, -0.05) is 29.8 Å². The van der Waals surface area contributed by atoms with Gasteiger partial charge in [-0.3, -0.25) is 14.8 Å². The Morgan fingerprint density at radius 1 is 1.12 bits per heavy atom. The molecule has 1 unspecified atom stereocenters. The zero-order valence-corrected chi connectivity index (χ0v) is 19.3. The molecule has 2 aromatic heterocycles. The molecule has 7 heteroatoms. The molecule has 4 heterocycles. The maximum Gasteiger partial charge on any atom is 0.263 e. The summed E-state index contributed by atoms with van der Waals surface area (Å²) in [5, 5.41) is 11.7. The van der Waals surface area contributed by atoms with Gasteiger partial charge in [0.05, 0.1) is 11.4 Å². The summed E-state index contributed by atoms with van der Waals surface area (Å²) in [5.41, 5.74) is 4.61. The minimum atomic E-state index is -1.01. The molecule has 1 amide bonds. The Bertz CT molecular complexity index is 1300. The van der Waals surface area contributed by atoms with E-state index in [0.717, 1.165) is 40.1 Å². The minimum absolute atomic E-state index is 0.0544. The number of benzene rings is 1. The normalized spacial score (nSPS) is 20.1. The molecule has 172 valence electrons. The monoisotopic (exact) mass is 473 g/mol. The highest BCUT2D eigenvalue weighted by Crippen LogP contribution is 2.44. The molecule has 1 fully saturated rings. The lowest BCUT2D eigenvalue weighted by atomic mass is 9.87. The number of aromatic nitrogens is 2. The van der Waals surface area contributed by atoms with E-state index in [1.165, 1.54) is 0 Å². The van der Waals surface area contributed by atoms with Crippen LogP contribution in [0.3, 0.4) is 0 Å². The summed E-state index contributed by atoms with van der Waals surface area (Å²) in [7, 11) is 0. The average molecular weight is 474 g/mol. The van der Waals surface area contributed by atoms with Crippen molar-refractivity contribution in [3.63, 3.8) is 0 Å². The number of amides is 1. The van der Waals surface area contributed by atoms with Crippen LogP contribution < -0.4 is 4.74 Å². The number of carbonyl (C=O) groups is 1. The van der Waals surface area contributed by atoms with E-state index in [4.69, 9.17) is 16.3 Å². The zero-order valence-electron chi connectivity index (χ0n) is 18.6. The largest absolute Gasteiger partial charge is 0.479 e. The molecule has 3 aliphatic rings. The van der Waals surface area contributed by atoms with E-state index < -0.39 is 11.7 Å². The third-order valence-electron chi connectivity index (χ3n) is 7.07. The molecule has 6 nitrogen and oxygen atoms in total. The van der Waals surface area contributed by atoms with Crippen LogP contribution in [0.5, 0.6) is 5.75 Å². The van der Waals surface area contributed by atoms with Crippen molar-refractivity contribution in [2.75, 3.05) is 13.1 Å². The molecule has 0 bridgehead atoms. The van der Waals surface area contributed by atoms with Crippen molar-refractivity contribution in [2.24, 2.45) is 0 Å². The zero-order chi connectivity index (χ0) is 23.3. The molecule has 6 rings (SSSR count). The van der Waals surface area contributed by atoms with E-state index in [0.29, 0.717) is 43.1 Å². The van der Waals surface area contributed by atoms with Gasteiger partial charge in [-0.25, -0.2) is 0 Å². The lowest BCUT2D eigenvalue weighted by Crippen LogP contribution is -2.49. The van der Waals surface area contributed by atoms with E-state index in [1.807, 2.05) is 42.6 Å². The highest BCUT2D eigenvalue weighted by Gasteiger charge is 2.40. The summed E-state index contributed by atoms with van der Waals surface area (Å²) in [5.74, 6) is 0.666. The summed E-state index contributed by atoms with van der Waals surface area (Å²) in [6.45, 7) is 0.913. The van der Waals surface area contributed by atoms with Gasteiger partial charge in [0.1, 0.15) is 11.4 Å². The fraction of sp³-hybridized carbons (Fsp3) is 0.296. The van der Waals surface area contributed by atoms with Crippen molar-refractivity contribution in [2.45, 2.75) is 37.4 Å². The Balaban J connectivity index is 1.22. The molecule has 34 heavy (non-hydrogen) atoms. The number of pyridine rings is 2. The summed E-state index contributed by atoms with van der Waals surface area (Å²) >= 11 is 6.48. The van der Waals surface area contributed by atoms with Crippen LogP contribution in [0.15, 0.2) is 54.9 Å². The number of hydrogen-bond donors (Lipinski definition) is 1. The van der Waals surface area contributed by atoms with Gasteiger partial charge in [-0.2, -0.15) is 0 Å². The first-order chi connectivity index (χ1) is 16.5. The Morgan fingerprint density at radius 2 is 1.97 bits per heavy atom. The van der Waals surface area contributed by atoms with Crippen LogP contribution in [0.4, 0.5) is 0 Å². The Hall–Kier alpha value is -3.22. The Morgan fingerprint density at radius 3 is 2.76 bits per heavy atom. The first-order valence-electron chi connectivity index (χ1n) is 11.6. The Labute approximate surface area is 202 Å². The van der Waals surface area contributed by atoms with E-state index >= 15 is 0 Å². The molecule has 1 N–H and O–H groups in total. The SMILES string of the molecule is O=C(C1Cc2cc(Cl)cc(-c3ccnc4c3C=CC4)c2O1)N1CCC(O)(c2ccccn2)CC1. The fourth-order valence-corrected chi connectivity index (χ4v) is 5.49. The van der Waals surface area contributed by atoms with Crippen molar-refractivity contribution < 1.29 is 14.6 Å². The summed E-state index contributed by atoms with van der Waals surface area (Å²) in [4.78, 5) is 24.0. The summed E-state index contributed by atoms with van der Waals surface area (Å²) < 4.78 is 6.29. The fourth-order valence-electron chi connectivity index (χ4n) is 5.25. The molecule has 1 aromatic carbocycles. The van der Waals surface area contributed by atoms with Gasteiger partial charge in [0.15, 0.2) is 6.10 Å². The average Bonchev–Trinajstić information content (AvgIpc) is 3.51. The first kappa shape index (κ1) is 21.3. The lowest BCUT2D eigenvalue weighted by molar-refractivity contribution is -0.142. The lowest BCUT2D eigenvalue weighted by Gasteiger charge is -2.38. The number of halogens is 1. The highest BCUT2D eigenvalue weighted by atomic mass is 35.5. The van der Waals surface area contributed by atoms with Gasteiger partial charge in [0.25, 0.3) is 5.91 Å². The van der Waals surface area contributed by atoms with Gasteiger partial charge in [0, 0.05) is 60.0 Å². The van der Waals surface area contributed by atoms with E-state index in [2.05, 4.69) is 22.1 Å². The first-order valence-corrected chi connectivity index (χ1v) is 12.0. The van der Waals surface area contributed by atoms with Crippen molar-refractivity contribution in [3.05, 3.63) is 82.4 Å². The van der Waals surface area contributed by atoms with Crippen LogP contribution in [0.2, 0.25) is 5.02 Å². The second kappa shape index (κ2) is 8.22. The maximum atomic E-state index is 13.4. The Kier molecular flexibility index (Phi) is 5.15. The number of aliphatic hydroxyl groups is 1. The van der Waals surface area contributed by atoms with Gasteiger partial charge in [-0.05, 0) is 48.7 Å². The second-order valence-corrected chi connectivity index (χ2v) is 9.59. The van der Waals surface area contributed by atoms with Crippen molar-refractivity contribution in [1.29, 1.82) is 0 Å². The van der Waals surface area contributed by atoms with Crippen LogP contribution in [-0.4, -0.2) is 45.1 Å². The predicted molar refractivity (Wildman–Crippen MR) is 129 cm³/mol. The number of allylic oxidation sites excluding steroid dienone is 1. The molecule has 2 aliphatic heterocycles. The smallest absolute Gasteiger partial charge is 0.263 e. The van der Waals surface area contributed by atoms with E-state index in [1.54, 1.807) is 11.1 Å². The van der Waals surface area contributed by atoms with E-state index in [9.17, 15) is 9.90 Å². The van der Waals surface area contributed by atoms with Crippen molar-refractivity contribution in [3.8, 4) is 16.9 Å². The molecular formula is C27H24ClN3O3. The molecule has 0 spiro atoms. The van der Waals surface area contributed by atoms with Crippen LogP contribution in [0.1, 0.15) is 35.4 Å². The van der Waals surface area contributed by atoms with Crippen LogP contribution in [0.25, 0.3) is 17.2 Å². The molecule has 0 radical (unpaired) electrons. The summed E-state index contributed by atoms with van der Waals surface area (Å²) in [6.07, 6.45) is 9.26. The number of nitrogens with zero attached hydrogens (tertiary/aromatic N) is 3. The summed E-state index contributed by atoms with van der Waals surface area (Å²) in [6, 6.07) is 11.3. The van der Waals surface area contributed by atoms with Crippen molar-refractivity contribution in [1.82, 2.24) is 14.9 Å². The van der Waals surface area contributed by atoms with Crippen LogP contribution in [0, 0.1) is 0 Å². The molecule has 3 aromatic rings.